The number of piperidine rings is 1. The van der Waals surface area contributed by atoms with Crippen molar-refractivity contribution in [1.29, 1.82) is 0 Å². The standard InChI is InChI=1S/C27H33N3O3.CO2/c1-3-4-14-29-19-21(24-11-10-23(32-2)17-25(24)29)18-28-15-12-27(13-16-28)20-30(26(31)33-27)22-8-6-5-7-9-22;2-1-3/h5-11,17,19H,3-4,12-16,18,20H2,1-2H3;. The van der Waals surface area contributed by atoms with Gasteiger partial charge in [-0.15, -0.1) is 0 Å². The van der Waals surface area contributed by atoms with Crippen molar-refractivity contribution in [3.05, 3.63) is 60.3 Å². The molecular formula is C28H33N3O5. The van der Waals surface area contributed by atoms with Crippen LogP contribution in [-0.4, -0.2) is 54.1 Å². The van der Waals surface area contributed by atoms with Crippen molar-refractivity contribution in [1.82, 2.24) is 9.47 Å². The van der Waals surface area contributed by atoms with Crippen LogP contribution in [0.4, 0.5) is 10.5 Å². The van der Waals surface area contributed by atoms with Crippen LogP contribution in [0.2, 0.25) is 0 Å². The van der Waals surface area contributed by atoms with Gasteiger partial charge in [-0.2, -0.15) is 9.59 Å². The van der Waals surface area contributed by atoms with E-state index in [1.165, 1.54) is 22.9 Å². The third kappa shape index (κ3) is 5.45. The Hall–Kier alpha value is -3.61. The zero-order valence-corrected chi connectivity index (χ0v) is 20.9. The first kappa shape index (κ1) is 25.5. The van der Waals surface area contributed by atoms with Gasteiger partial charge in [-0.3, -0.25) is 9.80 Å². The van der Waals surface area contributed by atoms with E-state index in [9.17, 15) is 4.79 Å². The molecule has 3 aromatic rings. The summed E-state index contributed by atoms with van der Waals surface area (Å²) in [5, 5.41) is 1.30. The number of hydrogen-bond donors (Lipinski definition) is 0. The molecule has 8 nitrogen and oxygen atoms in total. The van der Waals surface area contributed by atoms with Crippen molar-refractivity contribution in [3.8, 4) is 5.75 Å². The van der Waals surface area contributed by atoms with Crippen LogP contribution in [-0.2, 0) is 27.4 Å². The van der Waals surface area contributed by atoms with Crippen molar-refractivity contribution >= 4 is 28.8 Å². The average Bonchev–Trinajstić information content (AvgIpc) is 3.41. The molecular weight excluding hydrogens is 458 g/mol. The Morgan fingerprint density at radius 1 is 1.08 bits per heavy atom. The maximum atomic E-state index is 12.6. The number of para-hydroxylation sites is 1. The number of aryl methyl sites for hydroxylation is 1. The molecule has 2 aliphatic rings. The van der Waals surface area contributed by atoms with E-state index in [0.717, 1.165) is 56.9 Å². The number of aromatic nitrogens is 1. The highest BCUT2D eigenvalue weighted by Gasteiger charge is 2.47. The molecule has 2 saturated heterocycles. The molecule has 0 saturated carbocycles. The third-order valence-corrected chi connectivity index (χ3v) is 7.12. The van der Waals surface area contributed by atoms with Crippen LogP contribution in [0, 0.1) is 0 Å². The second-order valence-electron chi connectivity index (χ2n) is 9.42. The summed E-state index contributed by atoms with van der Waals surface area (Å²) in [7, 11) is 1.72. The topological polar surface area (TPSA) is 81.1 Å². The monoisotopic (exact) mass is 491 g/mol. The predicted molar refractivity (Wildman–Crippen MR) is 136 cm³/mol. The fourth-order valence-corrected chi connectivity index (χ4v) is 5.16. The van der Waals surface area contributed by atoms with Gasteiger partial charge in [0.2, 0.25) is 0 Å². The van der Waals surface area contributed by atoms with Gasteiger partial charge in [0, 0.05) is 62.4 Å². The number of methoxy groups -OCH3 is 1. The molecule has 190 valence electrons. The number of nitrogens with zero attached hydrogens (tertiary/aromatic N) is 3. The molecule has 1 aromatic heterocycles. The highest BCUT2D eigenvalue weighted by molar-refractivity contribution is 5.90. The maximum Gasteiger partial charge on any atom is 0.415 e. The molecule has 0 N–H and O–H groups in total. The molecule has 1 amide bonds. The number of rotatable bonds is 7. The molecule has 0 bridgehead atoms. The summed E-state index contributed by atoms with van der Waals surface area (Å²) in [6.45, 7) is 6.65. The Balaban J connectivity index is 0.000000967. The van der Waals surface area contributed by atoms with Crippen molar-refractivity contribution in [2.45, 2.75) is 51.3 Å². The lowest BCUT2D eigenvalue weighted by molar-refractivity contribution is -0.191. The molecule has 1 spiro atoms. The molecule has 36 heavy (non-hydrogen) atoms. The second-order valence-corrected chi connectivity index (χ2v) is 9.42. The van der Waals surface area contributed by atoms with Gasteiger partial charge in [0.15, 0.2) is 0 Å². The van der Waals surface area contributed by atoms with Crippen molar-refractivity contribution in [2.75, 3.05) is 31.6 Å². The fourth-order valence-electron chi connectivity index (χ4n) is 5.16. The maximum absolute atomic E-state index is 12.6. The van der Waals surface area contributed by atoms with Gasteiger partial charge in [-0.25, -0.2) is 4.79 Å². The number of amides is 1. The van der Waals surface area contributed by atoms with Crippen molar-refractivity contribution in [3.63, 3.8) is 0 Å². The van der Waals surface area contributed by atoms with Crippen LogP contribution in [0.5, 0.6) is 5.75 Å². The quantitative estimate of drug-likeness (QED) is 0.470. The molecule has 0 aliphatic carbocycles. The van der Waals surface area contributed by atoms with E-state index in [0.29, 0.717) is 6.54 Å². The minimum Gasteiger partial charge on any atom is -0.497 e. The second kappa shape index (κ2) is 11.4. The summed E-state index contributed by atoms with van der Waals surface area (Å²) >= 11 is 0. The van der Waals surface area contributed by atoms with E-state index in [2.05, 4.69) is 40.8 Å². The minimum atomic E-state index is -0.369. The number of fused-ring (bicyclic) bond motifs is 1. The lowest BCUT2D eigenvalue weighted by Crippen LogP contribution is -2.46. The van der Waals surface area contributed by atoms with Crippen LogP contribution in [0.15, 0.2) is 54.7 Å². The van der Waals surface area contributed by atoms with Crippen molar-refractivity contribution < 1.29 is 23.9 Å². The molecule has 3 heterocycles. The largest absolute Gasteiger partial charge is 0.497 e. The van der Waals surface area contributed by atoms with Crippen LogP contribution in [0.25, 0.3) is 10.9 Å². The summed E-state index contributed by atoms with van der Waals surface area (Å²) in [5.74, 6) is 0.899. The van der Waals surface area contributed by atoms with Crippen LogP contribution < -0.4 is 9.64 Å². The Kier molecular flexibility index (Phi) is 8.08. The lowest BCUT2D eigenvalue weighted by Gasteiger charge is -2.37. The van der Waals surface area contributed by atoms with Gasteiger partial charge in [-0.1, -0.05) is 31.5 Å². The highest BCUT2D eigenvalue weighted by atomic mass is 16.6. The first-order valence-corrected chi connectivity index (χ1v) is 12.5. The molecule has 8 heteroatoms. The van der Waals surface area contributed by atoms with E-state index in [1.807, 2.05) is 30.3 Å². The van der Waals surface area contributed by atoms with E-state index < -0.39 is 0 Å². The summed E-state index contributed by atoms with van der Waals surface area (Å²) in [6.07, 6.45) is 6.41. The number of benzene rings is 2. The van der Waals surface area contributed by atoms with Gasteiger partial charge < -0.3 is 14.0 Å². The van der Waals surface area contributed by atoms with Gasteiger partial charge in [-0.05, 0) is 36.2 Å². The Labute approximate surface area is 211 Å². The van der Waals surface area contributed by atoms with E-state index >= 15 is 0 Å². The van der Waals surface area contributed by atoms with Crippen LogP contribution in [0.3, 0.4) is 0 Å². The highest BCUT2D eigenvalue weighted by Crippen LogP contribution is 2.36. The molecule has 2 aromatic carbocycles. The first-order chi connectivity index (χ1) is 17.5. The van der Waals surface area contributed by atoms with E-state index in [-0.39, 0.29) is 17.8 Å². The van der Waals surface area contributed by atoms with E-state index in [4.69, 9.17) is 19.1 Å². The van der Waals surface area contributed by atoms with Gasteiger partial charge >= 0.3 is 12.2 Å². The SMILES string of the molecule is CCCCn1cc(CN2CCC3(CC2)CN(c2ccccc2)C(=O)O3)c2ccc(OC)cc21.O=C=O. The van der Waals surface area contributed by atoms with Crippen LogP contribution in [0.1, 0.15) is 38.2 Å². The molecule has 0 atom stereocenters. The number of hydrogen-bond acceptors (Lipinski definition) is 6. The number of ether oxygens (including phenoxy) is 2. The number of likely N-dealkylation sites (tertiary alicyclic amines) is 1. The predicted octanol–water partition coefficient (Wildman–Crippen LogP) is 4.86. The fraction of sp³-hybridized carbons (Fsp3) is 0.429. The molecule has 0 radical (unpaired) electrons. The summed E-state index contributed by atoms with van der Waals surface area (Å²) < 4.78 is 13.8. The normalized spacial score (nSPS) is 16.9. The number of carbonyl (C=O) groups excluding carboxylic acids is 3. The minimum absolute atomic E-state index is 0.220. The van der Waals surface area contributed by atoms with Crippen molar-refractivity contribution in [2.24, 2.45) is 0 Å². The van der Waals surface area contributed by atoms with E-state index in [1.54, 1.807) is 12.0 Å². The Morgan fingerprint density at radius 2 is 1.81 bits per heavy atom. The summed E-state index contributed by atoms with van der Waals surface area (Å²) in [4.78, 5) is 33.1. The number of anilines is 1. The smallest absolute Gasteiger partial charge is 0.415 e. The number of carbonyl (C=O) groups is 1. The first-order valence-electron chi connectivity index (χ1n) is 12.5. The summed E-state index contributed by atoms with van der Waals surface area (Å²) in [5.41, 5.74) is 3.15. The molecule has 0 unspecified atom stereocenters. The number of unbranched alkanes of at least 4 members (excludes halogenated alkanes) is 1. The molecule has 2 fully saturated rings. The van der Waals surface area contributed by atoms with Gasteiger partial charge in [0.1, 0.15) is 11.4 Å². The lowest BCUT2D eigenvalue weighted by atomic mass is 9.91. The third-order valence-electron chi connectivity index (χ3n) is 7.12. The zero-order valence-electron chi connectivity index (χ0n) is 20.9. The molecule has 5 rings (SSSR count). The van der Waals surface area contributed by atoms with Gasteiger partial charge in [0.25, 0.3) is 0 Å². The Morgan fingerprint density at radius 3 is 2.47 bits per heavy atom. The van der Waals surface area contributed by atoms with Gasteiger partial charge in [0.05, 0.1) is 19.2 Å². The average molecular weight is 492 g/mol. The summed E-state index contributed by atoms with van der Waals surface area (Å²) in [6, 6.07) is 16.2. The van der Waals surface area contributed by atoms with Crippen LogP contribution >= 0.6 is 0 Å². The zero-order chi connectivity index (χ0) is 25.5. The molecule has 2 aliphatic heterocycles. The Bertz CT molecular complexity index is 1210.